The first-order chi connectivity index (χ1) is 7.54. The van der Waals surface area contributed by atoms with Crippen LogP contribution in [0.2, 0.25) is 4.34 Å². The Morgan fingerprint density at radius 1 is 1.62 bits per heavy atom. The number of hydrogen-bond acceptors (Lipinski definition) is 4. The molecule has 0 bridgehead atoms. The van der Waals surface area contributed by atoms with Crippen molar-refractivity contribution in [1.82, 2.24) is 4.31 Å². The van der Waals surface area contributed by atoms with Gasteiger partial charge in [0.1, 0.15) is 20.8 Å². The van der Waals surface area contributed by atoms with Crippen LogP contribution in [0, 0.1) is 0 Å². The van der Waals surface area contributed by atoms with Gasteiger partial charge in [-0.2, -0.15) is 0 Å². The van der Waals surface area contributed by atoms with E-state index in [1.807, 2.05) is 0 Å². The predicted molar refractivity (Wildman–Crippen MR) is 64.0 cm³/mol. The van der Waals surface area contributed by atoms with Gasteiger partial charge >= 0.3 is 0 Å². The monoisotopic (exact) mass is 281 g/mol. The Hall–Kier alpha value is 0.0200. The number of aliphatic hydroxyl groups excluding tert-OH is 1. The Morgan fingerprint density at radius 2 is 2.38 bits per heavy atom. The summed E-state index contributed by atoms with van der Waals surface area (Å²) < 4.78 is 15.0. The molecule has 2 rings (SSSR count). The maximum atomic E-state index is 12.1. The normalized spacial score (nSPS) is 28.4. The lowest BCUT2D eigenvalue weighted by molar-refractivity contribution is -0.000496. The topological polar surface area (TPSA) is 60.8 Å². The van der Waals surface area contributed by atoms with Crippen LogP contribution >= 0.6 is 22.9 Å². The van der Waals surface area contributed by atoms with Crippen molar-refractivity contribution in [1.29, 1.82) is 0 Å². The maximum Gasteiger partial charge on any atom is 0.138 e. The molecule has 0 aliphatic carbocycles. The van der Waals surface area contributed by atoms with Crippen molar-refractivity contribution in [2.45, 2.75) is 16.2 Å². The minimum absolute atomic E-state index is 0.228. The maximum absolute atomic E-state index is 12.1. The molecule has 1 saturated heterocycles. The molecule has 0 aromatic carbocycles. The first-order valence-electron chi connectivity index (χ1n) is 4.79. The molecule has 0 radical (unpaired) electrons. The van der Waals surface area contributed by atoms with Crippen LogP contribution < -0.4 is 0 Å². The third-order valence-electron chi connectivity index (χ3n) is 2.55. The van der Waals surface area contributed by atoms with E-state index < -0.39 is 16.6 Å². The molecule has 90 valence electrons. The van der Waals surface area contributed by atoms with Gasteiger partial charge in [-0.3, -0.25) is 0 Å². The average molecular weight is 282 g/mol. The van der Waals surface area contributed by atoms with Gasteiger partial charge in [-0.15, -0.1) is 11.3 Å². The second-order valence-electron chi connectivity index (χ2n) is 3.80. The Balaban J connectivity index is 2.08. The highest BCUT2D eigenvalue weighted by Crippen LogP contribution is 2.29. The number of halogens is 1. The molecule has 1 aliphatic heterocycles. The summed E-state index contributed by atoms with van der Waals surface area (Å²) in [5.74, 6) is 0. The van der Waals surface area contributed by atoms with Gasteiger partial charge in [0.05, 0.1) is 10.9 Å². The highest BCUT2D eigenvalue weighted by molar-refractivity contribution is 7.85. The van der Waals surface area contributed by atoms with Crippen molar-refractivity contribution >= 4 is 33.9 Å². The zero-order valence-electron chi connectivity index (χ0n) is 8.43. The number of thiophene rings is 1. The molecular weight excluding hydrogens is 270 g/mol. The summed E-state index contributed by atoms with van der Waals surface area (Å²) in [7, 11) is -1.29. The zero-order chi connectivity index (χ0) is 11.8. The fraction of sp³-hybridized carbons (Fsp3) is 0.556. The molecule has 16 heavy (non-hydrogen) atoms. The van der Waals surface area contributed by atoms with E-state index in [-0.39, 0.29) is 13.2 Å². The van der Waals surface area contributed by atoms with Gasteiger partial charge in [0, 0.05) is 13.1 Å². The predicted octanol–water partition coefficient (Wildman–Crippen LogP) is 0.853. The Bertz CT molecular complexity index is 411. The lowest BCUT2D eigenvalue weighted by Gasteiger charge is -2.19. The van der Waals surface area contributed by atoms with E-state index in [0.717, 1.165) is 0 Å². The molecule has 1 aliphatic rings. The van der Waals surface area contributed by atoms with Crippen LogP contribution in [0.25, 0.3) is 0 Å². The highest BCUT2D eigenvalue weighted by Gasteiger charge is 2.38. The van der Waals surface area contributed by atoms with Gasteiger partial charge in [-0.25, -0.2) is 8.51 Å². The lowest BCUT2D eigenvalue weighted by atomic mass is 10.1. The molecule has 2 heterocycles. The minimum Gasteiger partial charge on any atom is -0.393 e. The van der Waals surface area contributed by atoms with Crippen LogP contribution in [0.15, 0.2) is 16.3 Å². The molecule has 2 atom stereocenters. The summed E-state index contributed by atoms with van der Waals surface area (Å²) >= 11 is 7.04. The van der Waals surface area contributed by atoms with E-state index in [2.05, 4.69) is 0 Å². The van der Waals surface area contributed by atoms with Crippen LogP contribution in [-0.4, -0.2) is 44.0 Å². The SMILES string of the molecule is O=S(c1ccc(Cl)s1)N1CCC(O)(CO)C1. The van der Waals surface area contributed by atoms with Gasteiger partial charge in [0.15, 0.2) is 0 Å². The van der Waals surface area contributed by atoms with Crippen molar-refractivity contribution in [2.24, 2.45) is 0 Å². The summed E-state index contributed by atoms with van der Waals surface area (Å²) in [6.07, 6.45) is 0.439. The molecule has 1 aromatic rings. The molecule has 2 N–H and O–H groups in total. The molecule has 1 aromatic heterocycles. The molecule has 4 nitrogen and oxygen atoms in total. The van der Waals surface area contributed by atoms with E-state index in [0.29, 0.717) is 21.5 Å². The van der Waals surface area contributed by atoms with Crippen molar-refractivity contribution in [3.05, 3.63) is 16.5 Å². The second kappa shape index (κ2) is 4.72. The Kier molecular flexibility index (Phi) is 3.68. The van der Waals surface area contributed by atoms with E-state index >= 15 is 0 Å². The van der Waals surface area contributed by atoms with E-state index in [4.69, 9.17) is 16.7 Å². The summed E-state index contributed by atoms with van der Waals surface area (Å²) in [4.78, 5) is 0. The number of hydrogen-bond donors (Lipinski definition) is 2. The van der Waals surface area contributed by atoms with Gasteiger partial charge in [-0.05, 0) is 18.6 Å². The second-order valence-corrected chi connectivity index (χ2v) is 7.23. The molecule has 0 amide bonds. The lowest BCUT2D eigenvalue weighted by Crippen LogP contribution is -2.37. The molecule has 0 saturated carbocycles. The first-order valence-corrected chi connectivity index (χ1v) is 7.10. The summed E-state index contributed by atoms with van der Waals surface area (Å²) in [5, 5.41) is 18.8. The summed E-state index contributed by atoms with van der Waals surface area (Å²) in [6.45, 7) is 0.441. The fourth-order valence-electron chi connectivity index (χ4n) is 1.61. The van der Waals surface area contributed by atoms with Gasteiger partial charge in [0.25, 0.3) is 0 Å². The quantitative estimate of drug-likeness (QED) is 0.864. The zero-order valence-corrected chi connectivity index (χ0v) is 10.8. The smallest absolute Gasteiger partial charge is 0.138 e. The van der Waals surface area contributed by atoms with Crippen molar-refractivity contribution in [3.63, 3.8) is 0 Å². The standard InChI is InChI=1S/C9H12ClNO3S2/c10-7-1-2-8(15-7)16(14)11-4-3-9(13,5-11)6-12/h1-2,12-13H,3-6H2. The number of aliphatic hydroxyl groups is 2. The molecule has 0 spiro atoms. The van der Waals surface area contributed by atoms with Crippen LogP contribution in [0.1, 0.15) is 6.42 Å². The largest absolute Gasteiger partial charge is 0.393 e. The summed E-state index contributed by atoms with van der Waals surface area (Å²) in [6, 6.07) is 3.42. The van der Waals surface area contributed by atoms with E-state index in [1.165, 1.54) is 11.3 Å². The molecule has 2 unspecified atom stereocenters. The van der Waals surface area contributed by atoms with Crippen molar-refractivity contribution in [3.8, 4) is 0 Å². The number of rotatable bonds is 3. The van der Waals surface area contributed by atoms with Crippen LogP contribution in [-0.2, 0) is 11.0 Å². The Morgan fingerprint density at radius 3 is 2.88 bits per heavy atom. The van der Waals surface area contributed by atoms with Crippen molar-refractivity contribution in [2.75, 3.05) is 19.7 Å². The van der Waals surface area contributed by atoms with Crippen LogP contribution in [0.4, 0.5) is 0 Å². The van der Waals surface area contributed by atoms with Crippen LogP contribution in [0.5, 0.6) is 0 Å². The minimum atomic E-state index is -1.29. The Labute approximate surface area is 105 Å². The molecular formula is C9H12ClNO3S2. The van der Waals surface area contributed by atoms with Gasteiger partial charge in [0.2, 0.25) is 0 Å². The highest BCUT2D eigenvalue weighted by atomic mass is 35.5. The molecule has 7 heteroatoms. The first kappa shape index (κ1) is 12.5. The van der Waals surface area contributed by atoms with Gasteiger partial charge in [-0.1, -0.05) is 11.6 Å². The number of β-amino-alcohol motifs (C(OH)–C–C–N with tert-alkyl or cyclic N) is 1. The van der Waals surface area contributed by atoms with Crippen molar-refractivity contribution < 1.29 is 14.4 Å². The average Bonchev–Trinajstić information content (AvgIpc) is 2.85. The summed E-state index contributed by atoms with van der Waals surface area (Å²) in [5.41, 5.74) is -1.11. The van der Waals surface area contributed by atoms with Crippen LogP contribution in [0.3, 0.4) is 0 Å². The van der Waals surface area contributed by atoms with Gasteiger partial charge < -0.3 is 10.2 Å². The van der Waals surface area contributed by atoms with E-state index in [1.54, 1.807) is 16.4 Å². The third kappa shape index (κ3) is 2.47. The number of nitrogens with zero attached hydrogens (tertiary/aromatic N) is 1. The fourth-order valence-corrected chi connectivity index (χ4v) is 4.45. The third-order valence-corrected chi connectivity index (χ3v) is 5.51. The molecule has 1 fully saturated rings. The van der Waals surface area contributed by atoms with E-state index in [9.17, 15) is 9.32 Å².